The summed E-state index contributed by atoms with van der Waals surface area (Å²) in [6.07, 6.45) is 2.18. The zero-order valence-corrected chi connectivity index (χ0v) is 16.4. The van der Waals surface area contributed by atoms with Crippen LogP contribution in [0.5, 0.6) is 0 Å². The molecular weight excluding hydrogens is 298 g/mol. The van der Waals surface area contributed by atoms with Gasteiger partial charge in [0.25, 0.3) is 0 Å². The molecule has 1 aliphatic heterocycles. The van der Waals surface area contributed by atoms with Gasteiger partial charge in [-0.2, -0.15) is 0 Å². The highest BCUT2D eigenvalue weighted by Gasteiger charge is 2.21. The van der Waals surface area contributed by atoms with Gasteiger partial charge in [-0.25, -0.2) is 0 Å². The molecule has 4 heteroatoms. The molecule has 0 unspecified atom stereocenters. The van der Waals surface area contributed by atoms with E-state index in [1.165, 1.54) is 16.9 Å². The van der Waals surface area contributed by atoms with Crippen molar-refractivity contribution in [3.63, 3.8) is 0 Å². The number of likely N-dealkylation sites (N-methyl/N-ethyl adjacent to an activating group) is 2. The Hall–Kier alpha value is -1.26. The molecule has 1 fully saturated rings. The maximum absolute atomic E-state index is 5.50. The summed E-state index contributed by atoms with van der Waals surface area (Å²) in [6.45, 7) is 10.7. The number of hydrogen-bond donors (Lipinski definition) is 1. The molecule has 0 saturated carbocycles. The number of nitrogens with zero attached hydrogens (tertiary/aromatic N) is 2. The van der Waals surface area contributed by atoms with Gasteiger partial charge < -0.3 is 19.9 Å². The average Bonchev–Trinajstić information content (AvgIpc) is 2.52. The van der Waals surface area contributed by atoms with Crippen molar-refractivity contribution in [2.24, 2.45) is 0 Å². The van der Waals surface area contributed by atoms with Crippen LogP contribution in [0.1, 0.15) is 39.2 Å². The van der Waals surface area contributed by atoms with E-state index in [1.54, 1.807) is 0 Å². The summed E-state index contributed by atoms with van der Waals surface area (Å²) in [5, 5.41) is 3.80. The van der Waals surface area contributed by atoms with Gasteiger partial charge in [-0.1, -0.05) is 26.8 Å². The summed E-state index contributed by atoms with van der Waals surface area (Å²) < 4.78 is 5.50. The predicted octanol–water partition coefficient (Wildman–Crippen LogP) is 3.57. The monoisotopic (exact) mass is 333 g/mol. The first-order valence-corrected chi connectivity index (χ1v) is 9.12. The van der Waals surface area contributed by atoms with E-state index in [2.05, 4.69) is 75.2 Å². The molecule has 136 valence electrons. The maximum Gasteiger partial charge on any atom is 0.0485 e. The summed E-state index contributed by atoms with van der Waals surface area (Å²) in [7, 11) is 6.41. The topological polar surface area (TPSA) is 27.7 Å². The summed E-state index contributed by atoms with van der Waals surface area (Å²) >= 11 is 0. The highest BCUT2D eigenvalue weighted by Crippen LogP contribution is 2.33. The van der Waals surface area contributed by atoms with Gasteiger partial charge in [0, 0.05) is 50.8 Å². The van der Waals surface area contributed by atoms with Crippen LogP contribution in [0.25, 0.3) is 0 Å². The van der Waals surface area contributed by atoms with E-state index in [4.69, 9.17) is 4.74 Å². The van der Waals surface area contributed by atoms with E-state index in [9.17, 15) is 0 Å². The molecule has 0 atom stereocenters. The first-order chi connectivity index (χ1) is 11.3. The van der Waals surface area contributed by atoms with Crippen LogP contribution in [0.2, 0.25) is 0 Å². The molecule has 1 heterocycles. The largest absolute Gasteiger partial charge is 0.382 e. The van der Waals surface area contributed by atoms with Gasteiger partial charge in [0.05, 0.1) is 0 Å². The number of rotatable bonds is 6. The molecule has 2 rings (SSSR count). The van der Waals surface area contributed by atoms with Crippen LogP contribution in [-0.2, 0) is 10.2 Å². The lowest BCUT2D eigenvalue weighted by Gasteiger charge is -2.30. The van der Waals surface area contributed by atoms with Crippen molar-refractivity contribution < 1.29 is 4.74 Å². The zero-order chi connectivity index (χ0) is 17.7. The molecule has 0 spiro atoms. The Morgan fingerprint density at radius 2 is 1.75 bits per heavy atom. The second-order valence-electron chi connectivity index (χ2n) is 8.24. The van der Waals surface area contributed by atoms with Crippen LogP contribution in [0.4, 0.5) is 11.4 Å². The van der Waals surface area contributed by atoms with Gasteiger partial charge in [0.1, 0.15) is 0 Å². The fourth-order valence-electron chi connectivity index (χ4n) is 3.08. The van der Waals surface area contributed by atoms with Crippen molar-refractivity contribution in [2.75, 3.05) is 57.7 Å². The Morgan fingerprint density at radius 3 is 2.33 bits per heavy atom. The third-order valence-electron chi connectivity index (χ3n) is 4.72. The van der Waals surface area contributed by atoms with Gasteiger partial charge in [-0.05, 0) is 50.0 Å². The number of anilines is 2. The lowest BCUT2D eigenvalue weighted by molar-refractivity contribution is 0.0904. The van der Waals surface area contributed by atoms with E-state index in [0.29, 0.717) is 6.04 Å². The standard InChI is InChI=1S/C20H35N3O/c1-20(2,3)18-8-7-17(23(6)12-11-22(4)5)15-19(18)21-16-9-13-24-14-10-16/h7-8,15-16,21H,9-14H2,1-6H3. The van der Waals surface area contributed by atoms with Crippen molar-refractivity contribution in [3.05, 3.63) is 23.8 Å². The molecule has 0 amide bonds. The maximum atomic E-state index is 5.50. The van der Waals surface area contributed by atoms with Crippen molar-refractivity contribution in [1.82, 2.24) is 4.90 Å². The molecule has 1 N–H and O–H groups in total. The summed E-state index contributed by atoms with van der Waals surface area (Å²) in [6, 6.07) is 7.39. The minimum absolute atomic E-state index is 0.133. The summed E-state index contributed by atoms with van der Waals surface area (Å²) in [5.74, 6) is 0. The molecule has 1 aromatic rings. The number of benzene rings is 1. The smallest absolute Gasteiger partial charge is 0.0485 e. The fourth-order valence-corrected chi connectivity index (χ4v) is 3.08. The second kappa shape index (κ2) is 8.21. The molecule has 0 bridgehead atoms. The molecule has 24 heavy (non-hydrogen) atoms. The molecule has 0 radical (unpaired) electrons. The van der Waals surface area contributed by atoms with Crippen molar-refractivity contribution >= 4 is 11.4 Å². The van der Waals surface area contributed by atoms with Gasteiger partial charge in [-0.15, -0.1) is 0 Å². The Labute approximate surface area is 148 Å². The highest BCUT2D eigenvalue weighted by molar-refractivity contribution is 5.64. The molecule has 0 aromatic heterocycles. The number of hydrogen-bond acceptors (Lipinski definition) is 4. The highest BCUT2D eigenvalue weighted by atomic mass is 16.5. The van der Waals surface area contributed by atoms with E-state index in [1.807, 2.05) is 0 Å². The Balaban J connectivity index is 2.20. The third-order valence-corrected chi connectivity index (χ3v) is 4.72. The van der Waals surface area contributed by atoms with Crippen LogP contribution in [0, 0.1) is 0 Å². The second-order valence-corrected chi connectivity index (χ2v) is 8.24. The Kier molecular flexibility index (Phi) is 6.53. The van der Waals surface area contributed by atoms with Crippen LogP contribution >= 0.6 is 0 Å². The number of nitrogens with one attached hydrogen (secondary N) is 1. The average molecular weight is 334 g/mol. The summed E-state index contributed by atoms with van der Waals surface area (Å²) in [4.78, 5) is 4.56. The third kappa shape index (κ3) is 5.38. The van der Waals surface area contributed by atoms with Crippen molar-refractivity contribution in [2.45, 2.75) is 45.1 Å². The van der Waals surface area contributed by atoms with Crippen molar-refractivity contribution in [3.8, 4) is 0 Å². The molecule has 4 nitrogen and oxygen atoms in total. The predicted molar refractivity (Wildman–Crippen MR) is 104 cm³/mol. The number of ether oxygens (including phenoxy) is 1. The first-order valence-electron chi connectivity index (χ1n) is 9.12. The Bertz CT molecular complexity index is 516. The quantitative estimate of drug-likeness (QED) is 0.861. The van der Waals surface area contributed by atoms with Crippen LogP contribution in [0.3, 0.4) is 0 Å². The molecule has 1 aromatic carbocycles. The summed E-state index contributed by atoms with van der Waals surface area (Å²) in [5.41, 5.74) is 4.08. The zero-order valence-electron chi connectivity index (χ0n) is 16.4. The fraction of sp³-hybridized carbons (Fsp3) is 0.700. The molecular formula is C20H35N3O. The molecule has 1 saturated heterocycles. The van der Waals surface area contributed by atoms with Gasteiger partial charge in [0.15, 0.2) is 0 Å². The first kappa shape index (κ1) is 19.1. The van der Waals surface area contributed by atoms with E-state index >= 15 is 0 Å². The van der Waals surface area contributed by atoms with Crippen LogP contribution < -0.4 is 10.2 Å². The van der Waals surface area contributed by atoms with E-state index in [0.717, 1.165) is 39.1 Å². The van der Waals surface area contributed by atoms with Crippen LogP contribution in [0.15, 0.2) is 18.2 Å². The normalized spacial score (nSPS) is 16.5. The van der Waals surface area contributed by atoms with E-state index in [-0.39, 0.29) is 5.41 Å². The SMILES string of the molecule is CN(C)CCN(C)c1ccc(C(C)(C)C)c(NC2CCOCC2)c1. The Morgan fingerprint density at radius 1 is 1.08 bits per heavy atom. The van der Waals surface area contributed by atoms with Gasteiger partial charge >= 0.3 is 0 Å². The lowest BCUT2D eigenvalue weighted by atomic mass is 9.85. The minimum Gasteiger partial charge on any atom is -0.382 e. The minimum atomic E-state index is 0.133. The van der Waals surface area contributed by atoms with Gasteiger partial charge in [0.2, 0.25) is 0 Å². The van der Waals surface area contributed by atoms with E-state index < -0.39 is 0 Å². The van der Waals surface area contributed by atoms with Gasteiger partial charge in [-0.3, -0.25) is 0 Å². The molecule has 1 aliphatic rings. The van der Waals surface area contributed by atoms with Crippen molar-refractivity contribution in [1.29, 1.82) is 0 Å². The van der Waals surface area contributed by atoms with Crippen LogP contribution in [-0.4, -0.2) is 58.4 Å². The molecule has 0 aliphatic carbocycles. The lowest BCUT2D eigenvalue weighted by Crippen LogP contribution is -2.30.